The predicted molar refractivity (Wildman–Crippen MR) is 72.5 cm³/mol. The maximum Gasteiger partial charge on any atom is 0.181 e. The molecule has 5 nitrogen and oxygen atoms in total. The maximum atomic E-state index is 4.56. The number of nitrogens with one attached hydrogen (secondary N) is 2. The molecule has 0 atom stereocenters. The molecule has 2 aromatic heterocycles. The molecule has 3 aromatic rings. The van der Waals surface area contributed by atoms with Crippen LogP contribution in [0.25, 0.3) is 22.6 Å². The van der Waals surface area contributed by atoms with Gasteiger partial charge in [0.1, 0.15) is 17.7 Å². The van der Waals surface area contributed by atoms with Crippen LogP contribution in [0, 0.1) is 0 Å². The molecule has 0 saturated carbocycles. The molecule has 3 heterocycles. The molecule has 0 spiro atoms. The van der Waals surface area contributed by atoms with Crippen LogP contribution in [0.5, 0.6) is 0 Å². The molecule has 0 fully saturated rings. The maximum absolute atomic E-state index is 4.56. The minimum Gasteiger partial charge on any atom is -0.335 e. The summed E-state index contributed by atoms with van der Waals surface area (Å²) >= 11 is 0. The highest BCUT2D eigenvalue weighted by Crippen LogP contribution is 2.27. The van der Waals surface area contributed by atoms with Crippen molar-refractivity contribution in [2.24, 2.45) is 0 Å². The second kappa shape index (κ2) is 4.13. The zero-order valence-electron chi connectivity index (χ0n) is 10.3. The molecule has 2 N–H and O–H groups in total. The summed E-state index contributed by atoms with van der Waals surface area (Å²) in [6.45, 7) is 1.95. The summed E-state index contributed by atoms with van der Waals surface area (Å²) < 4.78 is 0. The number of nitrogens with zero attached hydrogens (tertiary/aromatic N) is 3. The summed E-state index contributed by atoms with van der Waals surface area (Å²) in [6.07, 6.45) is 4.32. The Kier molecular flexibility index (Phi) is 2.31. The number of hydrogen-bond acceptors (Lipinski definition) is 4. The van der Waals surface area contributed by atoms with Crippen molar-refractivity contribution < 1.29 is 0 Å². The van der Waals surface area contributed by atoms with E-state index in [4.69, 9.17) is 0 Å². The van der Waals surface area contributed by atoms with E-state index in [-0.39, 0.29) is 0 Å². The molecule has 94 valence electrons. The van der Waals surface area contributed by atoms with Gasteiger partial charge in [0.15, 0.2) is 5.65 Å². The van der Waals surface area contributed by atoms with Crippen molar-refractivity contribution in [3.8, 4) is 11.4 Å². The van der Waals surface area contributed by atoms with Crippen LogP contribution in [0.15, 0.2) is 30.7 Å². The normalized spacial score (nSPS) is 14.5. The Morgan fingerprint density at radius 3 is 3.16 bits per heavy atom. The minimum absolute atomic E-state index is 0.719. The second-order valence-electron chi connectivity index (χ2n) is 4.72. The van der Waals surface area contributed by atoms with E-state index in [0.717, 1.165) is 36.5 Å². The lowest BCUT2D eigenvalue weighted by Gasteiger charge is -2.19. The molecule has 0 amide bonds. The quantitative estimate of drug-likeness (QED) is 0.690. The summed E-state index contributed by atoms with van der Waals surface area (Å²) in [5.41, 5.74) is 5.51. The van der Waals surface area contributed by atoms with E-state index in [1.807, 2.05) is 0 Å². The van der Waals surface area contributed by atoms with Crippen molar-refractivity contribution >= 4 is 11.2 Å². The van der Waals surface area contributed by atoms with E-state index in [0.29, 0.717) is 0 Å². The van der Waals surface area contributed by atoms with Crippen LogP contribution in [0.4, 0.5) is 0 Å². The number of fused-ring (bicyclic) bond motifs is 2. The second-order valence-corrected chi connectivity index (χ2v) is 4.72. The smallest absolute Gasteiger partial charge is 0.181 e. The van der Waals surface area contributed by atoms with Crippen LogP contribution < -0.4 is 5.32 Å². The molecular formula is C14H13N5. The van der Waals surface area contributed by atoms with Gasteiger partial charge in [0.25, 0.3) is 0 Å². The first-order valence-corrected chi connectivity index (χ1v) is 6.39. The third-order valence-corrected chi connectivity index (χ3v) is 3.56. The summed E-state index contributed by atoms with van der Waals surface area (Å²) in [6, 6.07) is 6.38. The van der Waals surface area contributed by atoms with Gasteiger partial charge >= 0.3 is 0 Å². The van der Waals surface area contributed by atoms with Crippen LogP contribution >= 0.6 is 0 Å². The summed E-state index contributed by atoms with van der Waals surface area (Å²) in [5.74, 6) is 0.884. The number of hydrogen-bond donors (Lipinski definition) is 2. The topological polar surface area (TPSA) is 66.5 Å². The zero-order valence-corrected chi connectivity index (χ0v) is 10.3. The number of imidazole rings is 1. The molecule has 0 saturated heterocycles. The van der Waals surface area contributed by atoms with E-state index < -0.39 is 0 Å². The van der Waals surface area contributed by atoms with Gasteiger partial charge in [0.05, 0.1) is 6.20 Å². The van der Waals surface area contributed by atoms with Crippen molar-refractivity contribution in [2.75, 3.05) is 6.54 Å². The average Bonchev–Trinajstić information content (AvgIpc) is 2.90. The van der Waals surface area contributed by atoms with Gasteiger partial charge in [0.2, 0.25) is 0 Å². The molecule has 19 heavy (non-hydrogen) atoms. The largest absolute Gasteiger partial charge is 0.335 e. The third kappa shape index (κ3) is 1.70. The van der Waals surface area contributed by atoms with Crippen molar-refractivity contribution in [1.29, 1.82) is 0 Å². The third-order valence-electron chi connectivity index (χ3n) is 3.56. The van der Waals surface area contributed by atoms with Crippen LogP contribution in [0.2, 0.25) is 0 Å². The molecule has 1 aliphatic heterocycles. The van der Waals surface area contributed by atoms with Gasteiger partial charge in [-0.3, -0.25) is 0 Å². The van der Waals surface area contributed by atoms with Crippen molar-refractivity contribution in [2.45, 2.75) is 13.0 Å². The summed E-state index contributed by atoms with van der Waals surface area (Å²) in [7, 11) is 0. The van der Waals surface area contributed by atoms with Gasteiger partial charge in [-0.25, -0.2) is 15.0 Å². The van der Waals surface area contributed by atoms with E-state index in [2.05, 4.69) is 43.5 Å². The van der Waals surface area contributed by atoms with Crippen molar-refractivity contribution in [3.63, 3.8) is 0 Å². The first-order valence-electron chi connectivity index (χ1n) is 6.39. The monoisotopic (exact) mass is 251 g/mol. The molecule has 1 aromatic carbocycles. The first-order chi connectivity index (χ1) is 9.42. The molecule has 1 aliphatic rings. The van der Waals surface area contributed by atoms with Gasteiger partial charge in [0, 0.05) is 12.1 Å². The number of aromatic nitrogens is 4. The van der Waals surface area contributed by atoms with E-state index in [1.54, 1.807) is 6.20 Å². The number of benzene rings is 1. The molecular weight excluding hydrogens is 238 g/mol. The highest BCUT2D eigenvalue weighted by Gasteiger charge is 2.16. The highest BCUT2D eigenvalue weighted by atomic mass is 15.0. The highest BCUT2D eigenvalue weighted by molar-refractivity contribution is 5.76. The minimum atomic E-state index is 0.719. The fourth-order valence-corrected chi connectivity index (χ4v) is 2.64. The Bertz CT molecular complexity index is 713. The van der Waals surface area contributed by atoms with Crippen LogP contribution in [-0.2, 0) is 13.0 Å². The predicted octanol–water partition coefficient (Wildman–Crippen LogP) is 1.67. The SMILES string of the molecule is c1cc2c(c(-c3nc4ncncc4[nH]3)c1)CCNC2. The Labute approximate surface area is 110 Å². The average molecular weight is 251 g/mol. The zero-order chi connectivity index (χ0) is 12.7. The Balaban J connectivity index is 1.92. The van der Waals surface area contributed by atoms with Gasteiger partial charge in [-0.05, 0) is 24.1 Å². The van der Waals surface area contributed by atoms with Crippen molar-refractivity contribution in [3.05, 3.63) is 41.9 Å². The lowest BCUT2D eigenvalue weighted by Crippen LogP contribution is -2.24. The lowest BCUT2D eigenvalue weighted by molar-refractivity contribution is 0.644. The van der Waals surface area contributed by atoms with Gasteiger partial charge in [-0.15, -0.1) is 0 Å². The van der Waals surface area contributed by atoms with Crippen molar-refractivity contribution in [1.82, 2.24) is 25.3 Å². The van der Waals surface area contributed by atoms with Gasteiger partial charge in [-0.1, -0.05) is 18.2 Å². The molecule has 0 radical (unpaired) electrons. The lowest BCUT2D eigenvalue weighted by atomic mass is 9.95. The molecule has 0 bridgehead atoms. The standard InChI is InChI=1S/C14H13N5/c1-2-9-6-15-5-4-10(9)11(3-1)13-18-12-7-16-8-17-14(12)19-13/h1-3,7-8,15H,4-6H2,(H,16,17,18,19). The van der Waals surface area contributed by atoms with Crippen LogP contribution in [0.3, 0.4) is 0 Å². The summed E-state index contributed by atoms with van der Waals surface area (Å²) in [5, 5.41) is 3.39. The fraction of sp³-hybridized carbons (Fsp3) is 0.214. The first kappa shape index (κ1) is 10.6. The number of aromatic amines is 1. The number of rotatable bonds is 1. The Morgan fingerprint density at radius 2 is 2.21 bits per heavy atom. The molecule has 4 rings (SSSR count). The fourth-order valence-electron chi connectivity index (χ4n) is 2.64. The number of H-pyrrole nitrogens is 1. The van der Waals surface area contributed by atoms with Gasteiger partial charge < -0.3 is 10.3 Å². The van der Waals surface area contributed by atoms with Crippen LogP contribution in [-0.4, -0.2) is 26.5 Å². The van der Waals surface area contributed by atoms with E-state index >= 15 is 0 Å². The van der Waals surface area contributed by atoms with Crippen LogP contribution in [0.1, 0.15) is 11.1 Å². The van der Waals surface area contributed by atoms with E-state index in [9.17, 15) is 0 Å². The summed E-state index contributed by atoms with van der Waals surface area (Å²) in [4.78, 5) is 16.1. The Hall–Kier alpha value is -2.27. The molecule has 5 heteroatoms. The Morgan fingerprint density at radius 1 is 1.21 bits per heavy atom. The van der Waals surface area contributed by atoms with E-state index in [1.165, 1.54) is 23.0 Å². The molecule has 0 unspecified atom stereocenters. The molecule has 0 aliphatic carbocycles. The van der Waals surface area contributed by atoms with Gasteiger partial charge in [-0.2, -0.15) is 0 Å².